The lowest BCUT2D eigenvalue weighted by Gasteiger charge is -2.04. The van der Waals surface area contributed by atoms with Crippen molar-refractivity contribution in [1.29, 1.82) is 0 Å². The van der Waals surface area contributed by atoms with Gasteiger partial charge in [-0.15, -0.1) is 5.10 Å². The van der Waals surface area contributed by atoms with Gasteiger partial charge in [-0.05, 0) is 42.8 Å². The highest BCUT2D eigenvalue weighted by Crippen LogP contribution is 2.22. The van der Waals surface area contributed by atoms with Gasteiger partial charge in [0.05, 0.1) is 19.9 Å². The molecule has 1 N–H and O–H groups in total. The Bertz CT molecular complexity index is 823. The number of furan rings is 1. The van der Waals surface area contributed by atoms with E-state index >= 15 is 0 Å². The van der Waals surface area contributed by atoms with Gasteiger partial charge in [0.25, 0.3) is 0 Å². The maximum Gasteiger partial charge on any atom is 0.250 e. The van der Waals surface area contributed by atoms with Crippen molar-refractivity contribution in [3.05, 3.63) is 48.4 Å². The molecule has 2 aromatic heterocycles. The smallest absolute Gasteiger partial charge is 0.250 e. The first-order valence-electron chi connectivity index (χ1n) is 8.12. The van der Waals surface area contributed by atoms with Crippen LogP contribution < -0.4 is 10.1 Å². The number of carbonyl (C=O) groups excluding carboxylic acids is 1. The van der Waals surface area contributed by atoms with Crippen LogP contribution in [0, 0.1) is 0 Å². The first-order valence-corrected chi connectivity index (χ1v) is 8.12. The molecule has 7 heteroatoms. The quantitative estimate of drug-likeness (QED) is 0.707. The van der Waals surface area contributed by atoms with Crippen LogP contribution in [0.25, 0.3) is 11.4 Å². The number of methoxy groups -OCH3 is 1. The molecule has 0 unspecified atom stereocenters. The average molecular weight is 340 g/mol. The molecule has 0 aliphatic heterocycles. The Balaban J connectivity index is 1.88. The highest BCUT2D eigenvalue weighted by atomic mass is 16.5. The van der Waals surface area contributed by atoms with Crippen LogP contribution in [0.5, 0.6) is 5.75 Å². The van der Waals surface area contributed by atoms with Gasteiger partial charge < -0.3 is 14.5 Å². The van der Waals surface area contributed by atoms with E-state index in [-0.39, 0.29) is 5.91 Å². The number of aromatic nitrogens is 3. The zero-order valence-electron chi connectivity index (χ0n) is 14.2. The molecular formula is C18H20N4O3. The molecule has 0 amide bonds. The van der Waals surface area contributed by atoms with E-state index in [4.69, 9.17) is 9.15 Å². The fourth-order valence-corrected chi connectivity index (χ4v) is 2.36. The Hall–Kier alpha value is -3.09. The minimum atomic E-state index is -0.100. The summed E-state index contributed by atoms with van der Waals surface area (Å²) in [6.45, 7) is 2.38. The molecule has 7 nitrogen and oxygen atoms in total. The fraction of sp³-hybridized carbons (Fsp3) is 0.278. The number of anilines is 1. The lowest BCUT2D eigenvalue weighted by molar-refractivity contribution is 0.0888. The summed E-state index contributed by atoms with van der Waals surface area (Å²) in [5.41, 5.74) is 0.810. The molecular weight excluding hydrogens is 320 g/mol. The molecule has 0 aliphatic carbocycles. The molecule has 0 saturated heterocycles. The van der Waals surface area contributed by atoms with Gasteiger partial charge in [-0.3, -0.25) is 4.79 Å². The number of ether oxygens (including phenoxy) is 1. The van der Waals surface area contributed by atoms with Crippen LogP contribution in [0.1, 0.15) is 30.3 Å². The van der Waals surface area contributed by atoms with Gasteiger partial charge in [0.2, 0.25) is 11.9 Å². The van der Waals surface area contributed by atoms with Crippen molar-refractivity contribution in [2.24, 2.45) is 0 Å². The molecule has 0 fully saturated rings. The van der Waals surface area contributed by atoms with E-state index in [9.17, 15) is 4.79 Å². The molecule has 2 heterocycles. The molecule has 130 valence electrons. The van der Waals surface area contributed by atoms with E-state index in [1.54, 1.807) is 13.4 Å². The molecule has 0 radical (unpaired) electrons. The van der Waals surface area contributed by atoms with E-state index in [2.05, 4.69) is 15.4 Å². The summed E-state index contributed by atoms with van der Waals surface area (Å²) in [7, 11) is 1.61. The SMILES string of the molecule is CCCC(=O)n1nc(-c2ccc(OC)cc2)nc1NCc1ccco1. The number of carbonyl (C=O) groups is 1. The van der Waals surface area contributed by atoms with Gasteiger partial charge in [-0.2, -0.15) is 9.67 Å². The topological polar surface area (TPSA) is 82.2 Å². The van der Waals surface area contributed by atoms with Crippen molar-refractivity contribution in [2.75, 3.05) is 12.4 Å². The molecule has 0 atom stereocenters. The third kappa shape index (κ3) is 3.88. The van der Waals surface area contributed by atoms with Crippen LogP contribution in [0.3, 0.4) is 0 Å². The highest BCUT2D eigenvalue weighted by molar-refractivity contribution is 5.81. The summed E-state index contributed by atoms with van der Waals surface area (Å²) in [6, 6.07) is 11.1. The number of benzene rings is 1. The van der Waals surface area contributed by atoms with Gasteiger partial charge in [0.15, 0.2) is 5.82 Å². The number of hydrogen-bond donors (Lipinski definition) is 1. The Morgan fingerprint density at radius 1 is 1.28 bits per heavy atom. The molecule has 0 saturated carbocycles. The minimum absolute atomic E-state index is 0.100. The van der Waals surface area contributed by atoms with E-state index in [0.717, 1.165) is 23.5 Å². The average Bonchev–Trinajstić information content (AvgIpc) is 3.30. The van der Waals surface area contributed by atoms with Crippen LogP contribution in [-0.2, 0) is 6.54 Å². The Labute approximate surface area is 145 Å². The second-order valence-corrected chi connectivity index (χ2v) is 5.48. The van der Waals surface area contributed by atoms with Crippen molar-refractivity contribution < 1.29 is 13.9 Å². The maximum absolute atomic E-state index is 12.3. The van der Waals surface area contributed by atoms with Crippen molar-refractivity contribution in [3.63, 3.8) is 0 Å². The van der Waals surface area contributed by atoms with E-state index in [0.29, 0.717) is 24.7 Å². The molecule has 0 aliphatic rings. The molecule has 1 aromatic carbocycles. The molecule has 0 spiro atoms. The Morgan fingerprint density at radius 2 is 2.08 bits per heavy atom. The molecule has 25 heavy (non-hydrogen) atoms. The predicted octanol–water partition coefficient (Wildman–Crippen LogP) is 3.60. The lowest BCUT2D eigenvalue weighted by atomic mass is 10.2. The van der Waals surface area contributed by atoms with Crippen LogP contribution in [0.4, 0.5) is 5.95 Å². The van der Waals surface area contributed by atoms with Crippen molar-refractivity contribution in [2.45, 2.75) is 26.3 Å². The second kappa shape index (κ2) is 7.65. The second-order valence-electron chi connectivity index (χ2n) is 5.48. The predicted molar refractivity (Wildman–Crippen MR) is 93.6 cm³/mol. The maximum atomic E-state index is 12.3. The van der Waals surface area contributed by atoms with Crippen molar-refractivity contribution in [3.8, 4) is 17.1 Å². The van der Waals surface area contributed by atoms with Gasteiger partial charge in [0, 0.05) is 12.0 Å². The normalized spacial score (nSPS) is 10.6. The summed E-state index contributed by atoms with van der Waals surface area (Å²) in [4.78, 5) is 16.8. The monoisotopic (exact) mass is 340 g/mol. The largest absolute Gasteiger partial charge is 0.497 e. The Morgan fingerprint density at radius 3 is 2.72 bits per heavy atom. The third-order valence-corrected chi connectivity index (χ3v) is 3.66. The van der Waals surface area contributed by atoms with E-state index < -0.39 is 0 Å². The summed E-state index contributed by atoms with van der Waals surface area (Å²) >= 11 is 0. The summed E-state index contributed by atoms with van der Waals surface area (Å²) in [5, 5.41) is 7.49. The van der Waals surface area contributed by atoms with Gasteiger partial charge >= 0.3 is 0 Å². The van der Waals surface area contributed by atoms with Crippen molar-refractivity contribution in [1.82, 2.24) is 14.8 Å². The molecule has 3 rings (SSSR count). The molecule has 0 bridgehead atoms. The lowest BCUT2D eigenvalue weighted by Crippen LogP contribution is -2.16. The standard InChI is InChI=1S/C18H20N4O3/c1-3-5-16(23)22-18(19-12-15-6-4-11-25-15)20-17(21-22)13-7-9-14(24-2)10-8-13/h4,6-11H,3,5,12H2,1-2H3,(H,19,20,21). The van der Waals surface area contributed by atoms with E-state index in [1.807, 2.05) is 43.3 Å². The van der Waals surface area contributed by atoms with Crippen LogP contribution in [0.2, 0.25) is 0 Å². The summed E-state index contributed by atoms with van der Waals surface area (Å²) in [6.07, 6.45) is 2.75. The summed E-state index contributed by atoms with van der Waals surface area (Å²) in [5.74, 6) is 2.29. The number of rotatable bonds is 7. The van der Waals surface area contributed by atoms with Crippen LogP contribution in [0.15, 0.2) is 47.1 Å². The number of nitrogens with one attached hydrogen (secondary N) is 1. The zero-order chi connectivity index (χ0) is 17.6. The molecule has 3 aromatic rings. The van der Waals surface area contributed by atoms with Gasteiger partial charge in [-0.1, -0.05) is 6.92 Å². The highest BCUT2D eigenvalue weighted by Gasteiger charge is 2.17. The first kappa shape index (κ1) is 16.8. The van der Waals surface area contributed by atoms with Crippen LogP contribution in [-0.4, -0.2) is 27.8 Å². The third-order valence-electron chi connectivity index (χ3n) is 3.66. The number of hydrogen-bond acceptors (Lipinski definition) is 6. The zero-order valence-corrected chi connectivity index (χ0v) is 14.2. The van der Waals surface area contributed by atoms with Gasteiger partial charge in [0.1, 0.15) is 11.5 Å². The van der Waals surface area contributed by atoms with Gasteiger partial charge in [-0.25, -0.2) is 0 Å². The van der Waals surface area contributed by atoms with Crippen molar-refractivity contribution >= 4 is 11.9 Å². The Kier molecular flexibility index (Phi) is 5.13. The summed E-state index contributed by atoms with van der Waals surface area (Å²) < 4.78 is 11.8. The van der Waals surface area contributed by atoms with Crippen LogP contribution >= 0.6 is 0 Å². The number of nitrogens with zero attached hydrogens (tertiary/aromatic N) is 3. The van der Waals surface area contributed by atoms with E-state index in [1.165, 1.54) is 4.68 Å². The fourth-order valence-electron chi connectivity index (χ4n) is 2.36. The minimum Gasteiger partial charge on any atom is -0.497 e. The first-order chi connectivity index (χ1) is 12.2.